The molecule has 0 saturated carbocycles. The average molecular weight is 474 g/mol. The normalized spacial score (nSPS) is 18.8. The number of aromatic nitrogens is 3. The van der Waals surface area contributed by atoms with Crippen LogP contribution in [-0.2, 0) is 15.9 Å². The second-order valence-corrected chi connectivity index (χ2v) is 8.22. The van der Waals surface area contributed by atoms with Gasteiger partial charge in [-0.1, -0.05) is 29.9 Å². The first-order chi connectivity index (χ1) is 15.0. The summed E-state index contributed by atoms with van der Waals surface area (Å²) >= 11 is 7.25. The van der Waals surface area contributed by atoms with Gasteiger partial charge in [-0.3, -0.25) is 4.79 Å². The van der Waals surface area contributed by atoms with E-state index in [9.17, 15) is 14.0 Å². The molecule has 170 valence electrons. The molecule has 0 aromatic carbocycles. The van der Waals surface area contributed by atoms with Gasteiger partial charge in [0, 0.05) is 13.1 Å². The number of hydrogen-bond donors (Lipinski definition) is 2. The van der Waals surface area contributed by atoms with Gasteiger partial charge in [0.05, 0.1) is 37.3 Å². The summed E-state index contributed by atoms with van der Waals surface area (Å²) in [7, 11) is 0. The van der Waals surface area contributed by atoms with E-state index >= 15 is 0 Å². The molecule has 2 unspecified atom stereocenters. The van der Waals surface area contributed by atoms with Crippen LogP contribution in [0.15, 0.2) is 6.20 Å². The van der Waals surface area contributed by atoms with Crippen LogP contribution in [0.2, 0.25) is 5.15 Å². The lowest BCUT2D eigenvalue weighted by Gasteiger charge is -2.38. The van der Waals surface area contributed by atoms with E-state index in [1.807, 2.05) is 11.8 Å². The molecule has 0 bridgehead atoms. The molecule has 2 aromatic rings. The Balaban J connectivity index is 1.67. The fraction of sp³-hybridized carbons (Fsp3) is 0.579. The standard InChI is InChI=1S/C19H25ClFN5O4S/c1-3-11-15(20)25-16(23-11)17(27)24-12-5-7-26(10-13(12)30-8-6-21)19-22-9-14(31-19)18(28)29-4-2/h9,12-13H,3-8,10H2,1-2H3,(H,23,25)(H,24,27). The molecule has 3 heterocycles. The predicted molar refractivity (Wildman–Crippen MR) is 115 cm³/mol. The summed E-state index contributed by atoms with van der Waals surface area (Å²) in [4.78, 5) is 38.2. The Labute approximate surface area is 188 Å². The SMILES string of the molecule is CCOC(=O)c1cnc(N2CCC(NC(=O)c3nc(Cl)c(CC)[nH]3)C(OCCF)C2)s1. The summed E-state index contributed by atoms with van der Waals surface area (Å²) in [6.07, 6.45) is 2.20. The van der Waals surface area contributed by atoms with Crippen molar-refractivity contribution < 1.29 is 23.5 Å². The van der Waals surface area contributed by atoms with E-state index in [1.54, 1.807) is 6.92 Å². The van der Waals surface area contributed by atoms with Gasteiger partial charge in [0.15, 0.2) is 16.1 Å². The van der Waals surface area contributed by atoms with E-state index in [-0.39, 0.29) is 30.2 Å². The van der Waals surface area contributed by atoms with Crippen molar-refractivity contribution in [2.24, 2.45) is 0 Å². The van der Waals surface area contributed by atoms with E-state index in [4.69, 9.17) is 21.1 Å². The minimum atomic E-state index is -0.630. The smallest absolute Gasteiger partial charge is 0.350 e. The number of aromatic amines is 1. The number of hydrogen-bond acceptors (Lipinski definition) is 8. The Hall–Kier alpha value is -2.24. The Morgan fingerprint density at radius 1 is 1.45 bits per heavy atom. The van der Waals surface area contributed by atoms with Crippen molar-refractivity contribution in [1.82, 2.24) is 20.3 Å². The number of alkyl halides is 1. The van der Waals surface area contributed by atoms with E-state index in [0.29, 0.717) is 41.6 Å². The number of imidazole rings is 1. The van der Waals surface area contributed by atoms with Crippen LogP contribution in [0.4, 0.5) is 9.52 Å². The van der Waals surface area contributed by atoms with Gasteiger partial charge >= 0.3 is 5.97 Å². The maximum absolute atomic E-state index is 12.8. The van der Waals surface area contributed by atoms with Gasteiger partial charge < -0.3 is 24.7 Å². The molecule has 9 nitrogen and oxygen atoms in total. The van der Waals surface area contributed by atoms with Crippen molar-refractivity contribution in [3.05, 3.63) is 27.7 Å². The monoisotopic (exact) mass is 473 g/mol. The number of rotatable bonds is 9. The highest BCUT2D eigenvalue weighted by Crippen LogP contribution is 2.27. The first kappa shape index (κ1) is 23.4. The third kappa shape index (κ3) is 5.72. The maximum atomic E-state index is 12.8. The van der Waals surface area contributed by atoms with Crippen LogP contribution in [0, 0.1) is 0 Å². The fourth-order valence-corrected chi connectivity index (χ4v) is 4.40. The number of halogens is 2. The molecule has 0 spiro atoms. The molecule has 31 heavy (non-hydrogen) atoms. The number of ether oxygens (including phenoxy) is 2. The molecule has 2 atom stereocenters. The Kier molecular flexibility index (Phi) is 8.22. The number of carbonyl (C=O) groups excluding carboxylic acids is 2. The summed E-state index contributed by atoms with van der Waals surface area (Å²) in [5, 5.41) is 3.83. The van der Waals surface area contributed by atoms with E-state index < -0.39 is 24.7 Å². The zero-order chi connectivity index (χ0) is 22.4. The predicted octanol–water partition coefficient (Wildman–Crippen LogP) is 2.62. The minimum Gasteiger partial charge on any atom is -0.462 e. The molecule has 12 heteroatoms. The van der Waals surface area contributed by atoms with E-state index in [1.165, 1.54) is 17.5 Å². The molecule has 1 saturated heterocycles. The number of amides is 1. The van der Waals surface area contributed by atoms with Crippen LogP contribution in [0.5, 0.6) is 0 Å². The first-order valence-electron chi connectivity index (χ1n) is 10.1. The van der Waals surface area contributed by atoms with Gasteiger partial charge in [-0.15, -0.1) is 0 Å². The van der Waals surface area contributed by atoms with Crippen molar-refractivity contribution in [2.75, 3.05) is 37.9 Å². The van der Waals surface area contributed by atoms with Crippen molar-refractivity contribution in [2.45, 2.75) is 38.8 Å². The second-order valence-electron chi connectivity index (χ2n) is 6.85. The third-order valence-electron chi connectivity index (χ3n) is 4.82. The number of carbonyl (C=O) groups is 2. The Morgan fingerprint density at radius 2 is 2.26 bits per heavy atom. The van der Waals surface area contributed by atoms with Crippen LogP contribution >= 0.6 is 22.9 Å². The Morgan fingerprint density at radius 3 is 2.94 bits per heavy atom. The number of esters is 1. The summed E-state index contributed by atoms with van der Waals surface area (Å²) in [6.45, 7) is 4.19. The zero-order valence-corrected chi connectivity index (χ0v) is 18.9. The lowest BCUT2D eigenvalue weighted by atomic mass is 10.0. The van der Waals surface area contributed by atoms with Crippen LogP contribution in [0.25, 0.3) is 0 Å². The molecule has 0 radical (unpaired) electrons. The van der Waals surface area contributed by atoms with Gasteiger partial charge in [-0.2, -0.15) is 0 Å². The third-order valence-corrected chi connectivity index (χ3v) is 6.17. The van der Waals surface area contributed by atoms with Crippen LogP contribution in [-0.4, -0.2) is 72.0 Å². The number of nitrogens with one attached hydrogen (secondary N) is 2. The van der Waals surface area contributed by atoms with Gasteiger partial charge in [-0.05, 0) is 19.8 Å². The second kappa shape index (κ2) is 10.9. The Bertz CT molecular complexity index is 908. The van der Waals surface area contributed by atoms with Crippen molar-refractivity contribution in [1.29, 1.82) is 0 Å². The van der Waals surface area contributed by atoms with Gasteiger partial charge in [0.2, 0.25) is 0 Å². The summed E-state index contributed by atoms with van der Waals surface area (Å²) in [5.41, 5.74) is 0.688. The molecule has 3 rings (SSSR count). The number of H-pyrrole nitrogens is 1. The van der Waals surface area contributed by atoms with Crippen LogP contribution < -0.4 is 10.2 Å². The lowest BCUT2D eigenvalue weighted by Crippen LogP contribution is -2.55. The fourth-order valence-electron chi connectivity index (χ4n) is 3.29. The topological polar surface area (TPSA) is 109 Å². The molecule has 2 N–H and O–H groups in total. The van der Waals surface area contributed by atoms with Crippen LogP contribution in [0.3, 0.4) is 0 Å². The maximum Gasteiger partial charge on any atom is 0.350 e. The summed E-state index contributed by atoms with van der Waals surface area (Å²) in [5.74, 6) is -0.678. The van der Waals surface area contributed by atoms with Gasteiger partial charge in [0.1, 0.15) is 11.6 Å². The first-order valence-corrected chi connectivity index (χ1v) is 11.3. The largest absolute Gasteiger partial charge is 0.462 e. The molecule has 0 aliphatic carbocycles. The minimum absolute atomic E-state index is 0.0800. The molecule has 1 aliphatic rings. The molecular weight excluding hydrogens is 449 g/mol. The zero-order valence-electron chi connectivity index (χ0n) is 17.3. The molecule has 2 aromatic heterocycles. The lowest BCUT2D eigenvalue weighted by molar-refractivity contribution is 0.0140. The number of thiazole rings is 1. The van der Waals surface area contributed by atoms with E-state index in [0.717, 1.165) is 0 Å². The van der Waals surface area contributed by atoms with Gasteiger partial charge in [0.25, 0.3) is 5.91 Å². The molecule has 1 aliphatic heterocycles. The van der Waals surface area contributed by atoms with Crippen molar-refractivity contribution >= 4 is 39.9 Å². The highest BCUT2D eigenvalue weighted by atomic mass is 35.5. The van der Waals surface area contributed by atoms with Gasteiger partial charge in [-0.25, -0.2) is 19.2 Å². The molecule has 1 amide bonds. The number of piperidine rings is 1. The number of nitrogens with zero attached hydrogens (tertiary/aromatic N) is 3. The number of anilines is 1. The summed E-state index contributed by atoms with van der Waals surface area (Å²) in [6, 6.07) is -0.339. The highest BCUT2D eigenvalue weighted by molar-refractivity contribution is 7.17. The highest BCUT2D eigenvalue weighted by Gasteiger charge is 2.33. The van der Waals surface area contributed by atoms with Crippen molar-refractivity contribution in [3.63, 3.8) is 0 Å². The summed E-state index contributed by atoms with van der Waals surface area (Å²) < 4.78 is 23.4. The number of aryl methyl sites for hydroxylation is 1. The average Bonchev–Trinajstić information content (AvgIpc) is 3.40. The van der Waals surface area contributed by atoms with Crippen molar-refractivity contribution in [3.8, 4) is 0 Å². The van der Waals surface area contributed by atoms with E-state index in [2.05, 4.69) is 20.3 Å². The quantitative estimate of drug-likeness (QED) is 0.539. The molecule has 1 fully saturated rings. The van der Waals surface area contributed by atoms with Crippen LogP contribution in [0.1, 0.15) is 46.3 Å². The molecular formula is C19H25ClFN5O4S.